The van der Waals surface area contributed by atoms with Crippen molar-refractivity contribution in [3.8, 4) is 0 Å². The molecule has 1 aromatic heterocycles. The maximum Gasteiger partial charge on any atom is 0.408 e. The number of aryl methyl sites for hydroxylation is 2. The number of carboxylic acid groups (broad SMARTS) is 1. The van der Waals surface area contributed by atoms with Crippen LogP contribution >= 0.6 is 0 Å². The number of ether oxygens (including phenoxy) is 2. The number of carbonyl (C=O) groups is 2. The van der Waals surface area contributed by atoms with E-state index in [1.54, 1.807) is 7.11 Å². The van der Waals surface area contributed by atoms with Gasteiger partial charge < -0.3 is 25.2 Å². The number of nitrogens with one attached hydrogen (secondary N) is 2. The first kappa shape index (κ1) is 28.4. The zero-order valence-corrected chi connectivity index (χ0v) is 21.9. The molecule has 1 amide bonds. The van der Waals surface area contributed by atoms with Gasteiger partial charge in [0.15, 0.2) is 0 Å². The monoisotopic (exact) mass is 512 g/mol. The summed E-state index contributed by atoms with van der Waals surface area (Å²) in [5.74, 6) is 0.0996. The molecule has 0 aliphatic carbocycles. The first-order valence-corrected chi connectivity index (χ1v) is 13.1. The fourth-order valence-corrected chi connectivity index (χ4v) is 4.42. The molecule has 3 N–H and O–H groups in total. The minimum atomic E-state index is -0.906. The molecule has 1 aliphatic heterocycles. The number of nitrogens with zero attached hydrogens (tertiary/aromatic N) is 2. The molecule has 9 nitrogen and oxygen atoms in total. The van der Waals surface area contributed by atoms with E-state index in [2.05, 4.69) is 27.7 Å². The summed E-state index contributed by atoms with van der Waals surface area (Å²) in [5.41, 5.74) is 3.23. The number of methoxy groups -OCH3 is 1. The fourth-order valence-electron chi connectivity index (χ4n) is 4.42. The van der Waals surface area contributed by atoms with Crippen molar-refractivity contribution in [3.05, 3.63) is 59.3 Å². The molecule has 0 saturated heterocycles. The van der Waals surface area contributed by atoms with Crippen LogP contribution in [-0.2, 0) is 33.7 Å². The van der Waals surface area contributed by atoms with Gasteiger partial charge in [0.25, 0.3) is 0 Å². The number of amides is 1. The average Bonchev–Trinajstić information content (AvgIpc) is 2.91. The number of benzene rings is 1. The summed E-state index contributed by atoms with van der Waals surface area (Å²) in [7, 11) is 1.65. The standard InChI is InChI=1S/C28H40N4O5/c1-21(36-2)19-32(18-7-6-12-24-14-13-23-11-8-17-29-27(23)30-24)25(15-16-26(33)34)31-28(35)37-20-22-9-4-3-5-10-22/h3-5,9-10,13-14,21,25H,6-8,11-12,15-20H2,1-2H3,(H,29,30)(H,31,35)(H,33,34)/t21-,25?/m1/s1. The Morgan fingerprint density at radius 2 is 2.00 bits per heavy atom. The number of hydrogen-bond donors (Lipinski definition) is 3. The molecule has 1 aromatic carbocycles. The van der Waals surface area contributed by atoms with Crippen LogP contribution < -0.4 is 10.6 Å². The van der Waals surface area contributed by atoms with E-state index < -0.39 is 18.2 Å². The highest BCUT2D eigenvalue weighted by Crippen LogP contribution is 2.20. The van der Waals surface area contributed by atoms with Gasteiger partial charge in [-0.3, -0.25) is 9.69 Å². The summed E-state index contributed by atoms with van der Waals surface area (Å²) >= 11 is 0. The summed E-state index contributed by atoms with van der Waals surface area (Å²) in [4.78, 5) is 30.8. The Kier molecular flexibility index (Phi) is 11.6. The largest absolute Gasteiger partial charge is 0.481 e. The van der Waals surface area contributed by atoms with Crippen molar-refractivity contribution in [2.24, 2.45) is 0 Å². The maximum absolute atomic E-state index is 12.6. The Morgan fingerprint density at radius 1 is 1.19 bits per heavy atom. The van der Waals surface area contributed by atoms with Crippen LogP contribution in [0.2, 0.25) is 0 Å². The van der Waals surface area contributed by atoms with Crippen molar-refractivity contribution in [3.63, 3.8) is 0 Å². The lowest BCUT2D eigenvalue weighted by molar-refractivity contribution is -0.137. The molecule has 0 radical (unpaired) electrons. The van der Waals surface area contributed by atoms with E-state index in [1.165, 1.54) is 5.56 Å². The number of fused-ring (bicyclic) bond motifs is 1. The second kappa shape index (κ2) is 15.2. The predicted molar refractivity (Wildman–Crippen MR) is 142 cm³/mol. The lowest BCUT2D eigenvalue weighted by Gasteiger charge is -2.33. The molecule has 2 atom stereocenters. The maximum atomic E-state index is 12.6. The third-order valence-corrected chi connectivity index (χ3v) is 6.54. The molecule has 3 rings (SSSR count). The molecular formula is C28H40N4O5. The van der Waals surface area contributed by atoms with E-state index in [1.807, 2.05) is 37.3 Å². The van der Waals surface area contributed by atoms with Gasteiger partial charge in [-0.25, -0.2) is 9.78 Å². The second-order valence-corrected chi connectivity index (χ2v) is 9.49. The molecule has 2 heterocycles. The lowest BCUT2D eigenvalue weighted by atomic mass is 10.1. The van der Waals surface area contributed by atoms with Crippen LogP contribution in [0.3, 0.4) is 0 Å². The summed E-state index contributed by atoms with van der Waals surface area (Å²) < 4.78 is 10.9. The number of unbranched alkanes of at least 4 members (excludes halogenated alkanes) is 1. The zero-order chi connectivity index (χ0) is 26.5. The van der Waals surface area contributed by atoms with Crippen LogP contribution in [-0.4, -0.2) is 66.1 Å². The molecule has 2 aromatic rings. The van der Waals surface area contributed by atoms with Gasteiger partial charge in [-0.05, 0) is 62.6 Å². The van der Waals surface area contributed by atoms with E-state index >= 15 is 0 Å². The molecule has 0 bridgehead atoms. The van der Waals surface area contributed by atoms with Crippen molar-refractivity contribution in [1.82, 2.24) is 15.2 Å². The highest BCUT2D eigenvalue weighted by Gasteiger charge is 2.24. The summed E-state index contributed by atoms with van der Waals surface area (Å²) in [6.45, 7) is 4.31. The van der Waals surface area contributed by atoms with Crippen LogP contribution in [0.15, 0.2) is 42.5 Å². The summed E-state index contributed by atoms with van der Waals surface area (Å²) in [6.07, 6.45) is 3.93. The van der Waals surface area contributed by atoms with E-state index in [-0.39, 0.29) is 25.6 Å². The highest BCUT2D eigenvalue weighted by molar-refractivity contribution is 5.68. The number of pyridine rings is 1. The van der Waals surface area contributed by atoms with Crippen LogP contribution in [0.5, 0.6) is 0 Å². The number of aliphatic carboxylic acids is 1. The van der Waals surface area contributed by atoms with Gasteiger partial charge in [0.2, 0.25) is 0 Å². The Morgan fingerprint density at radius 3 is 2.76 bits per heavy atom. The predicted octanol–water partition coefficient (Wildman–Crippen LogP) is 4.22. The summed E-state index contributed by atoms with van der Waals surface area (Å²) in [5, 5.41) is 15.6. The molecule has 1 unspecified atom stereocenters. The van der Waals surface area contributed by atoms with E-state index in [9.17, 15) is 14.7 Å². The van der Waals surface area contributed by atoms with Gasteiger partial charge in [-0.2, -0.15) is 0 Å². The first-order chi connectivity index (χ1) is 17.9. The van der Waals surface area contributed by atoms with Crippen molar-refractivity contribution in [2.45, 2.75) is 70.7 Å². The van der Waals surface area contributed by atoms with Gasteiger partial charge in [0.05, 0.1) is 12.3 Å². The van der Waals surface area contributed by atoms with E-state index in [4.69, 9.17) is 14.5 Å². The van der Waals surface area contributed by atoms with E-state index in [0.717, 1.165) is 55.7 Å². The van der Waals surface area contributed by atoms with Crippen molar-refractivity contribution in [2.75, 3.05) is 32.1 Å². The molecule has 0 fully saturated rings. The number of aromatic nitrogens is 1. The van der Waals surface area contributed by atoms with Crippen molar-refractivity contribution >= 4 is 17.9 Å². The molecule has 0 saturated carbocycles. The van der Waals surface area contributed by atoms with Crippen LogP contribution in [0, 0.1) is 0 Å². The van der Waals surface area contributed by atoms with Gasteiger partial charge in [0, 0.05) is 38.9 Å². The number of alkyl carbamates (subject to hydrolysis) is 1. The van der Waals surface area contributed by atoms with Gasteiger partial charge in [-0.1, -0.05) is 36.4 Å². The molecule has 202 valence electrons. The SMILES string of the molecule is CO[C@H](C)CN(CCCCc1ccc2c(n1)NCCC2)C(CCC(=O)O)NC(=O)OCc1ccccc1. The van der Waals surface area contributed by atoms with Crippen LogP contribution in [0.25, 0.3) is 0 Å². The topological polar surface area (TPSA) is 113 Å². The number of anilines is 1. The van der Waals surface area contributed by atoms with Crippen molar-refractivity contribution in [1.29, 1.82) is 0 Å². The molecule has 9 heteroatoms. The molecule has 0 spiro atoms. The Balaban J connectivity index is 1.57. The molecule has 1 aliphatic rings. The lowest BCUT2D eigenvalue weighted by Crippen LogP contribution is -2.51. The van der Waals surface area contributed by atoms with Crippen LogP contribution in [0.1, 0.15) is 55.8 Å². The Bertz CT molecular complexity index is 988. The minimum absolute atomic E-state index is 0.0620. The van der Waals surface area contributed by atoms with Gasteiger partial charge in [0.1, 0.15) is 12.4 Å². The third-order valence-electron chi connectivity index (χ3n) is 6.54. The normalized spacial score (nSPS) is 14.4. The molecular weight excluding hydrogens is 472 g/mol. The zero-order valence-electron chi connectivity index (χ0n) is 21.9. The van der Waals surface area contributed by atoms with E-state index in [0.29, 0.717) is 13.1 Å². The van der Waals surface area contributed by atoms with Gasteiger partial charge in [-0.15, -0.1) is 0 Å². The minimum Gasteiger partial charge on any atom is -0.481 e. The first-order valence-electron chi connectivity index (χ1n) is 13.1. The fraction of sp³-hybridized carbons (Fsp3) is 0.536. The van der Waals surface area contributed by atoms with Crippen LogP contribution in [0.4, 0.5) is 10.6 Å². The molecule has 37 heavy (non-hydrogen) atoms. The van der Waals surface area contributed by atoms with Crippen molar-refractivity contribution < 1.29 is 24.2 Å². The number of carboxylic acids is 1. The third kappa shape index (κ3) is 10.0. The second-order valence-electron chi connectivity index (χ2n) is 9.49. The Labute approximate surface area is 219 Å². The van der Waals surface area contributed by atoms with Gasteiger partial charge >= 0.3 is 12.1 Å². The Hall–Kier alpha value is -3.17. The highest BCUT2D eigenvalue weighted by atomic mass is 16.5. The number of rotatable bonds is 15. The number of carbonyl (C=O) groups excluding carboxylic acids is 1. The summed E-state index contributed by atoms with van der Waals surface area (Å²) in [6, 6.07) is 13.7. The quantitative estimate of drug-likeness (QED) is 0.240. The number of hydrogen-bond acceptors (Lipinski definition) is 7. The average molecular weight is 513 g/mol. The smallest absolute Gasteiger partial charge is 0.408 e.